The Balaban J connectivity index is 1.54. The standard InChI is InChI=1S/C28H29F3N4O2/c1-18(19-4-6-20(7-5-19)24-13-12-23(30)16-25(24)31)35-17-28(34-27(35)37,14-3-15-33-26(36)32-2)21-8-10-22(29)11-9-21/h4-13,16,18H,3,14-15,17H2,1-2H3,(H,34,37)(H2,32,33,36). The number of carbonyl (C=O) groups is 2. The van der Waals surface area contributed by atoms with Crippen LogP contribution in [-0.4, -0.2) is 37.1 Å². The molecule has 3 N–H and O–H groups in total. The van der Waals surface area contributed by atoms with Gasteiger partial charge in [0.05, 0.1) is 18.1 Å². The molecule has 0 aliphatic carbocycles. The fourth-order valence-corrected chi connectivity index (χ4v) is 4.73. The molecule has 194 valence electrons. The lowest BCUT2D eigenvalue weighted by atomic mass is 9.85. The molecule has 4 amide bonds. The van der Waals surface area contributed by atoms with Gasteiger partial charge in [0.25, 0.3) is 0 Å². The molecule has 0 bridgehead atoms. The zero-order valence-corrected chi connectivity index (χ0v) is 20.7. The Morgan fingerprint density at radius 3 is 2.35 bits per heavy atom. The Bertz CT molecular complexity index is 1270. The summed E-state index contributed by atoms with van der Waals surface area (Å²) in [6.07, 6.45) is 1.12. The zero-order chi connectivity index (χ0) is 26.6. The topological polar surface area (TPSA) is 73.5 Å². The molecule has 37 heavy (non-hydrogen) atoms. The minimum atomic E-state index is -0.763. The van der Waals surface area contributed by atoms with Crippen molar-refractivity contribution in [3.63, 3.8) is 0 Å². The molecule has 1 aliphatic heterocycles. The van der Waals surface area contributed by atoms with Crippen LogP contribution in [-0.2, 0) is 5.54 Å². The van der Waals surface area contributed by atoms with Gasteiger partial charge in [0.15, 0.2) is 0 Å². The number of halogens is 3. The van der Waals surface area contributed by atoms with Crippen LogP contribution < -0.4 is 16.0 Å². The van der Waals surface area contributed by atoms with Crippen molar-refractivity contribution >= 4 is 12.1 Å². The summed E-state index contributed by atoms with van der Waals surface area (Å²) in [7, 11) is 1.54. The maximum absolute atomic E-state index is 14.2. The number of carbonyl (C=O) groups excluding carboxylic acids is 2. The Hall–Kier alpha value is -4.01. The molecule has 9 heteroatoms. The monoisotopic (exact) mass is 510 g/mol. The minimum Gasteiger partial charge on any atom is -0.341 e. The third-order valence-corrected chi connectivity index (χ3v) is 6.84. The first-order chi connectivity index (χ1) is 17.7. The number of urea groups is 2. The molecule has 2 unspecified atom stereocenters. The van der Waals surface area contributed by atoms with E-state index >= 15 is 0 Å². The number of nitrogens with one attached hydrogen (secondary N) is 3. The third-order valence-electron chi connectivity index (χ3n) is 6.84. The lowest BCUT2D eigenvalue weighted by Crippen LogP contribution is -2.41. The van der Waals surface area contributed by atoms with E-state index in [4.69, 9.17) is 0 Å². The first kappa shape index (κ1) is 26.1. The molecule has 3 aromatic rings. The SMILES string of the molecule is CNC(=O)NCCCC1(c2ccc(F)cc2)CN(C(C)c2ccc(-c3ccc(F)cc3F)cc2)C(=O)N1. The summed E-state index contributed by atoms with van der Waals surface area (Å²) in [5.41, 5.74) is 1.75. The van der Waals surface area contributed by atoms with Crippen molar-refractivity contribution in [1.29, 1.82) is 0 Å². The highest BCUT2D eigenvalue weighted by Gasteiger charge is 2.45. The molecule has 0 saturated carbocycles. The van der Waals surface area contributed by atoms with E-state index in [2.05, 4.69) is 16.0 Å². The van der Waals surface area contributed by atoms with E-state index in [1.54, 1.807) is 29.2 Å². The van der Waals surface area contributed by atoms with Crippen LogP contribution in [0.15, 0.2) is 66.7 Å². The Kier molecular flexibility index (Phi) is 7.71. The van der Waals surface area contributed by atoms with E-state index in [1.165, 1.54) is 31.3 Å². The summed E-state index contributed by atoms with van der Waals surface area (Å²) in [6, 6.07) is 15.8. The molecular formula is C28H29F3N4O2. The van der Waals surface area contributed by atoms with Gasteiger partial charge in [-0.25, -0.2) is 22.8 Å². The van der Waals surface area contributed by atoms with Crippen LogP contribution in [0.1, 0.15) is 36.9 Å². The van der Waals surface area contributed by atoms with Gasteiger partial charge in [-0.15, -0.1) is 0 Å². The molecule has 0 spiro atoms. The van der Waals surface area contributed by atoms with Crippen molar-refractivity contribution < 1.29 is 22.8 Å². The predicted octanol–water partition coefficient (Wildman–Crippen LogP) is 5.46. The number of nitrogens with zero attached hydrogens (tertiary/aromatic N) is 1. The van der Waals surface area contributed by atoms with Gasteiger partial charge < -0.3 is 20.9 Å². The van der Waals surface area contributed by atoms with E-state index < -0.39 is 17.2 Å². The van der Waals surface area contributed by atoms with Gasteiger partial charge in [-0.2, -0.15) is 0 Å². The normalized spacial score (nSPS) is 17.9. The molecule has 1 heterocycles. The van der Waals surface area contributed by atoms with Crippen LogP contribution in [0.2, 0.25) is 0 Å². The first-order valence-corrected chi connectivity index (χ1v) is 12.1. The third kappa shape index (κ3) is 5.71. The van der Waals surface area contributed by atoms with Crippen LogP contribution in [0.5, 0.6) is 0 Å². The Morgan fingerprint density at radius 1 is 1.03 bits per heavy atom. The van der Waals surface area contributed by atoms with Crippen molar-refractivity contribution in [1.82, 2.24) is 20.9 Å². The lowest BCUT2D eigenvalue weighted by Gasteiger charge is -2.31. The van der Waals surface area contributed by atoms with Crippen molar-refractivity contribution in [3.8, 4) is 11.1 Å². The van der Waals surface area contributed by atoms with Gasteiger partial charge in [-0.3, -0.25) is 0 Å². The molecule has 1 aliphatic rings. The molecule has 2 atom stereocenters. The van der Waals surface area contributed by atoms with Crippen LogP contribution in [0, 0.1) is 17.5 Å². The fourth-order valence-electron chi connectivity index (χ4n) is 4.73. The smallest absolute Gasteiger partial charge is 0.318 e. The van der Waals surface area contributed by atoms with E-state index in [0.717, 1.165) is 17.2 Å². The summed E-state index contributed by atoms with van der Waals surface area (Å²) in [6.45, 7) is 2.66. The molecule has 1 fully saturated rings. The van der Waals surface area contributed by atoms with Crippen molar-refractivity contribution in [2.24, 2.45) is 0 Å². The molecular weight excluding hydrogens is 481 g/mol. The highest BCUT2D eigenvalue weighted by molar-refractivity contribution is 5.79. The zero-order valence-electron chi connectivity index (χ0n) is 20.7. The summed E-state index contributed by atoms with van der Waals surface area (Å²) < 4.78 is 41.1. The first-order valence-electron chi connectivity index (χ1n) is 12.1. The van der Waals surface area contributed by atoms with Gasteiger partial charge in [-0.1, -0.05) is 36.4 Å². The molecule has 4 rings (SSSR count). The minimum absolute atomic E-state index is 0.259. The maximum atomic E-state index is 14.2. The van der Waals surface area contributed by atoms with Gasteiger partial charge in [-0.05, 0) is 60.7 Å². The van der Waals surface area contributed by atoms with Crippen molar-refractivity contribution in [3.05, 3.63) is 95.3 Å². The average Bonchev–Trinajstić information content (AvgIpc) is 3.23. The van der Waals surface area contributed by atoms with Gasteiger partial charge in [0, 0.05) is 25.2 Å². The van der Waals surface area contributed by atoms with E-state index in [9.17, 15) is 22.8 Å². The number of hydrogen-bond acceptors (Lipinski definition) is 2. The second-order valence-electron chi connectivity index (χ2n) is 9.18. The highest BCUT2D eigenvalue weighted by atomic mass is 19.1. The summed E-state index contributed by atoms with van der Waals surface area (Å²) >= 11 is 0. The second-order valence-corrected chi connectivity index (χ2v) is 9.18. The number of rotatable bonds is 8. The average molecular weight is 511 g/mol. The molecule has 0 aromatic heterocycles. The maximum Gasteiger partial charge on any atom is 0.318 e. The molecule has 1 saturated heterocycles. The summed E-state index contributed by atoms with van der Waals surface area (Å²) in [5, 5.41) is 8.35. The molecule has 6 nitrogen and oxygen atoms in total. The highest BCUT2D eigenvalue weighted by Crippen LogP contribution is 2.37. The quantitative estimate of drug-likeness (QED) is 0.352. The predicted molar refractivity (Wildman–Crippen MR) is 135 cm³/mol. The van der Waals surface area contributed by atoms with Crippen LogP contribution >= 0.6 is 0 Å². The summed E-state index contributed by atoms with van der Waals surface area (Å²) in [5.74, 6) is -1.65. The van der Waals surface area contributed by atoms with E-state index in [0.29, 0.717) is 37.1 Å². The second kappa shape index (κ2) is 10.9. The summed E-state index contributed by atoms with van der Waals surface area (Å²) in [4.78, 5) is 26.4. The van der Waals surface area contributed by atoms with E-state index in [1.807, 2.05) is 19.1 Å². The van der Waals surface area contributed by atoms with Gasteiger partial charge in [0.2, 0.25) is 0 Å². The van der Waals surface area contributed by atoms with Gasteiger partial charge in [0.1, 0.15) is 17.5 Å². The largest absolute Gasteiger partial charge is 0.341 e. The van der Waals surface area contributed by atoms with Crippen LogP contribution in [0.3, 0.4) is 0 Å². The number of hydrogen-bond donors (Lipinski definition) is 3. The lowest BCUT2D eigenvalue weighted by molar-refractivity contribution is 0.200. The van der Waals surface area contributed by atoms with Crippen molar-refractivity contribution in [2.45, 2.75) is 31.3 Å². The van der Waals surface area contributed by atoms with Gasteiger partial charge >= 0.3 is 12.1 Å². The Morgan fingerprint density at radius 2 is 1.70 bits per heavy atom. The molecule has 0 radical (unpaired) electrons. The fraction of sp³-hybridized carbons (Fsp3) is 0.286. The molecule has 3 aromatic carbocycles. The number of benzene rings is 3. The van der Waals surface area contributed by atoms with E-state index in [-0.39, 0.29) is 23.9 Å². The van der Waals surface area contributed by atoms with Crippen LogP contribution in [0.25, 0.3) is 11.1 Å². The Labute approximate surface area is 213 Å². The number of amides is 4. The van der Waals surface area contributed by atoms with Crippen LogP contribution in [0.4, 0.5) is 22.8 Å². The van der Waals surface area contributed by atoms with Crippen molar-refractivity contribution in [2.75, 3.05) is 20.1 Å².